The third kappa shape index (κ3) is 6.67. The first kappa shape index (κ1) is 27.1. The van der Waals surface area contributed by atoms with Gasteiger partial charge in [-0.2, -0.15) is 0 Å². The largest absolute Gasteiger partial charge is 0.488 e. The maximum Gasteiger partial charge on any atom is 0.251 e. The molecule has 0 aliphatic heterocycles. The molecule has 0 saturated heterocycles. The molecule has 2 atom stereocenters. The number of amides is 1. The van der Waals surface area contributed by atoms with E-state index in [0.29, 0.717) is 46.4 Å². The second-order valence-corrected chi connectivity index (χ2v) is 9.18. The first-order valence-electron chi connectivity index (χ1n) is 12.1. The number of hydrogen-bond donors (Lipinski definition) is 1. The van der Waals surface area contributed by atoms with E-state index < -0.39 is 6.10 Å². The van der Waals surface area contributed by atoms with E-state index in [1.165, 1.54) is 13.4 Å². The number of nitrogens with one attached hydrogen (secondary N) is 1. The number of aromatic nitrogens is 3. The van der Waals surface area contributed by atoms with E-state index in [1.807, 2.05) is 49.4 Å². The highest BCUT2D eigenvalue weighted by atomic mass is 35.5. The van der Waals surface area contributed by atoms with Gasteiger partial charge >= 0.3 is 0 Å². The van der Waals surface area contributed by atoms with Crippen molar-refractivity contribution >= 4 is 39.9 Å². The molecular formula is C28H30ClN5O4. The van der Waals surface area contributed by atoms with Gasteiger partial charge in [-0.1, -0.05) is 23.7 Å². The number of benzene rings is 2. The molecule has 0 spiro atoms. The molecule has 9 nitrogen and oxygen atoms in total. The number of fused-ring (bicyclic) bond motifs is 1. The quantitative estimate of drug-likeness (QED) is 0.277. The zero-order chi connectivity index (χ0) is 27.1. The number of nitrogens with zero attached hydrogens (tertiary/aromatic N) is 4. The van der Waals surface area contributed by atoms with Gasteiger partial charge in [0.15, 0.2) is 0 Å². The van der Waals surface area contributed by atoms with Crippen LogP contribution in [0.3, 0.4) is 0 Å². The van der Waals surface area contributed by atoms with Crippen molar-refractivity contribution in [1.29, 1.82) is 0 Å². The summed E-state index contributed by atoms with van der Waals surface area (Å²) in [5.74, 6) is 1.60. The summed E-state index contributed by atoms with van der Waals surface area (Å²) in [4.78, 5) is 27.1. The van der Waals surface area contributed by atoms with Gasteiger partial charge in [-0.25, -0.2) is 9.97 Å². The summed E-state index contributed by atoms with van der Waals surface area (Å²) < 4.78 is 17.2. The molecule has 1 unspecified atom stereocenters. The number of rotatable bonds is 11. The second kappa shape index (κ2) is 12.5. The topological polar surface area (TPSA) is 98.7 Å². The lowest BCUT2D eigenvalue weighted by molar-refractivity contribution is -0.140. The van der Waals surface area contributed by atoms with E-state index in [2.05, 4.69) is 20.3 Å². The number of likely N-dealkylation sites (N-methyl/N-ethyl adjacent to an activating group) is 1. The van der Waals surface area contributed by atoms with Crippen molar-refractivity contribution in [2.75, 3.05) is 26.0 Å². The fraction of sp³-hybridized carbons (Fsp3) is 0.286. The van der Waals surface area contributed by atoms with Gasteiger partial charge in [0.1, 0.15) is 42.5 Å². The van der Waals surface area contributed by atoms with Crippen LogP contribution in [0.25, 0.3) is 10.9 Å². The Hall–Kier alpha value is -3.95. The smallest absolute Gasteiger partial charge is 0.251 e. The molecule has 1 amide bonds. The van der Waals surface area contributed by atoms with E-state index in [4.69, 9.17) is 25.8 Å². The molecule has 4 aromatic rings. The van der Waals surface area contributed by atoms with E-state index in [0.717, 1.165) is 11.4 Å². The molecule has 1 N–H and O–H groups in total. The molecule has 10 heteroatoms. The van der Waals surface area contributed by atoms with Crippen molar-refractivity contribution < 1.29 is 19.0 Å². The van der Waals surface area contributed by atoms with Crippen LogP contribution < -0.4 is 14.8 Å². The first-order chi connectivity index (χ1) is 18.4. The molecule has 0 bridgehead atoms. The Balaban J connectivity index is 1.50. The van der Waals surface area contributed by atoms with Crippen molar-refractivity contribution in [3.8, 4) is 11.5 Å². The molecule has 198 valence electrons. The van der Waals surface area contributed by atoms with Crippen LogP contribution in [0, 0.1) is 0 Å². The number of methoxy groups -OCH3 is 1. The van der Waals surface area contributed by atoms with Crippen LogP contribution in [-0.2, 0) is 16.1 Å². The van der Waals surface area contributed by atoms with Crippen molar-refractivity contribution in [2.24, 2.45) is 0 Å². The summed E-state index contributed by atoms with van der Waals surface area (Å²) in [6, 6.07) is 16.7. The first-order valence-corrected chi connectivity index (χ1v) is 12.5. The Morgan fingerprint density at radius 2 is 1.89 bits per heavy atom. The number of ether oxygens (including phenoxy) is 3. The highest BCUT2D eigenvalue weighted by Crippen LogP contribution is 2.34. The molecule has 2 heterocycles. The van der Waals surface area contributed by atoms with Crippen LogP contribution in [0.2, 0.25) is 5.02 Å². The van der Waals surface area contributed by atoms with Gasteiger partial charge < -0.3 is 24.4 Å². The zero-order valence-corrected chi connectivity index (χ0v) is 22.5. The summed E-state index contributed by atoms with van der Waals surface area (Å²) in [6.07, 6.45) is 2.39. The summed E-state index contributed by atoms with van der Waals surface area (Å²) >= 11 is 6.50. The molecule has 0 aliphatic carbocycles. The summed E-state index contributed by atoms with van der Waals surface area (Å²) in [5.41, 5.74) is 2.25. The fourth-order valence-corrected chi connectivity index (χ4v) is 4.11. The maximum atomic E-state index is 12.4. The van der Waals surface area contributed by atoms with Gasteiger partial charge in [0, 0.05) is 26.0 Å². The minimum Gasteiger partial charge on any atom is -0.488 e. The third-order valence-corrected chi connectivity index (χ3v) is 6.15. The average Bonchev–Trinajstić information content (AvgIpc) is 2.92. The number of anilines is 2. The summed E-state index contributed by atoms with van der Waals surface area (Å²) in [5, 5.41) is 4.49. The number of halogens is 1. The Kier molecular flexibility index (Phi) is 8.93. The van der Waals surface area contributed by atoms with Crippen LogP contribution in [0.5, 0.6) is 11.5 Å². The van der Waals surface area contributed by atoms with Crippen molar-refractivity contribution in [2.45, 2.75) is 32.7 Å². The van der Waals surface area contributed by atoms with Gasteiger partial charge in [0.05, 0.1) is 28.2 Å². The number of pyridine rings is 1. The maximum absolute atomic E-state index is 12.4. The van der Waals surface area contributed by atoms with Crippen molar-refractivity contribution in [3.63, 3.8) is 0 Å². The van der Waals surface area contributed by atoms with Crippen LogP contribution in [0.4, 0.5) is 11.5 Å². The van der Waals surface area contributed by atoms with Crippen molar-refractivity contribution in [3.05, 3.63) is 77.8 Å². The zero-order valence-electron chi connectivity index (χ0n) is 21.7. The highest BCUT2D eigenvalue weighted by molar-refractivity contribution is 6.32. The molecular weight excluding hydrogens is 506 g/mol. The fourth-order valence-electron chi connectivity index (χ4n) is 3.88. The minimum absolute atomic E-state index is 0.115. The van der Waals surface area contributed by atoms with Gasteiger partial charge in [-0.15, -0.1) is 0 Å². The van der Waals surface area contributed by atoms with E-state index >= 15 is 0 Å². The second-order valence-electron chi connectivity index (χ2n) is 8.78. The predicted octanol–water partition coefficient (Wildman–Crippen LogP) is 5.26. The Morgan fingerprint density at radius 3 is 2.63 bits per heavy atom. The van der Waals surface area contributed by atoms with Gasteiger partial charge in [0.25, 0.3) is 5.91 Å². The molecule has 0 fully saturated rings. The van der Waals surface area contributed by atoms with Gasteiger partial charge in [0.2, 0.25) is 0 Å². The Labute approximate surface area is 226 Å². The van der Waals surface area contributed by atoms with Crippen LogP contribution in [-0.4, -0.2) is 58.7 Å². The highest BCUT2D eigenvalue weighted by Gasteiger charge is 2.20. The van der Waals surface area contributed by atoms with Crippen molar-refractivity contribution in [1.82, 2.24) is 19.9 Å². The van der Waals surface area contributed by atoms with Crippen LogP contribution >= 0.6 is 11.6 Å². The van der Waals surface area contributed by atoms with Gasteiger partial charge in [-0.3, -0.25) is 9.78 Å². The summed E-state index contributed by atoms with van der Waals surface area (Å²) in [7, 11) is 3.24. The van der Waals surface area contributed by atoms with Crippen LogP contribution in [0.15, 0.2) is 67.1 Å². The van der Waals surface area contributed by atoms with Gasteiger partial charge in [-0.05, 0) is 56.3 Å². The normalized spacial score (nSPS) is 12.6. The number of carbonyl (C=O) groups excluding carboxylic acids is 1. The number of carbonyl (C=O) groups is 1. The van der Waals surface area contributed by atoms with E-state index in [1.54, 1.807) is 37.2 Å². The Bertz CT molecular complexity index is 1380. The lowest BCUT2D eigenvalue weighted by Crippen LogP contribution is -2.40. The third-order valence-electron chi connectivity index (χ3n) is 5.86. The monoisotopic (exact) mass is 535 g/mol. The van der Waals surface area contributed by atoms with E-state index in [-0.39, 0.29) is 12.0 Å². The molecule has 0 radical (unpaired) electrons. The van der Waals surface area contributed by atoms with Crippen LogP contribution in [0.1, 0.15) is 19.5 Å². The molecule has 2 aromatic carbocycles. The lowest BCUT2D eigenvalue weighted by atomic mass is 10.2. The molecule has 2 aromatic heterocycles. The minimum atomic E-state index is -0.521. The average molecular weight is 536 g/mol. The molecule has 0 saturated carbocycles. The lowest BCUT2D eigenvalue weighted by Gasteiger charge is -2.25. The molecule has 0 aliphatic rings. The summed E-state index contributed by atoms with van der Waals surface area (Å²) in [6.45, 7) is 4.32. The SMILES string of the molecule is CO[C@H](C)C(=O)N(C)CC(C)Oc1cccc2ncnc(Nc3ccc(OCc4ccccn4)c(Cl)c3)c12. The van der Waals surface area contributed by atoms with E-state index in [9.17, 15) is 4.79 Å². The predicted molar refractivity (Wildman–Crippen MR) is 147 cm³/mol. The number of hydrogen-bond acceptors (Lipinski definition) is 8. The standard InChI is InChI=1S/C28H30ClN5O4/c1-18(15-34(3)28(35)19(2)36-4)38-25-10-7-9-23-26(25)27(32-17-31-23)33-20-11-12-24(22(29)14-20)37-16-21-8-5-6-13-30-21/h5-14,17-19H,15-16H2,1-4H3,(H,31,32,33)/t18?,19-/m1/s1. The molecule has 4 rings (SSSR count). The molecule has 38 heavy (non-hydrogen) atoms. The Morgan fingerprint density at radius 1 is 1.05 bits per heavy atom.